The molecule has 1 saturated heterocycles. The van der Waals surface area contributed by atoms with Crippen molar-refractivity contribution in [2.45, 2.75) is 39.0 Å². The molecule has 0 N–H and O–H groups in total. The third kappa shape index (κ3) is 3.86. The largest absolute Gasteiger partial charge is 0.307 e. The number of hydrogen-bond acceptors (Lipinski definition) is 2. The number of anilines is 1. The maximum Gasteiger partial charge on any atom is 0.258 e. The molecule has 2 aromatic rings. The molecular formula is C25H29FN2O. The van der Waals surface area contributed by atoms with E-state index in [0.717, 1.165) is 38.2 Å². The lowest BCUT2D eigenvalue weighted by Crippen LogP contribution is -2.46. The van der Waals surface area contributed by atoms with Gasteiger partial charge in [-0.25, -0.2) is 4.39 Å². The lowest BCUT2D eigenvalue weighted by molar-refractivity contribution is 0.0977. The molecule has 1 amide bonds. The maximum atomic E-state index is 13.7. The summed E-state index contributed by atoms with van der Waals surface area (Å²) in [5, 5.41) is 0. The second-order valence-electron chi connectivity index (χ2n) is 8.78. The second-order valence-corrected chi connectivity index (χ2v) is 8.78. The first kappa shape index (κ1) is 19.8. The molecule has 2 aliphatic rings. The summed E-state index contributed by atoms with van der Waals surface area (Å²) in [7, 11) is 0. The number of hydrogen-bond donors (Lipinski definition) is 0. The standard InChI is InChI=1S/C25H29FN2O/c1-18(2)9-12-27-13-10-25(11-14-27)17-28(23-8-7-19(3)15-22(23)25)24(29)20-5-4-6-21(26)16-20/h4-9,15-16H,10-14,17H2,1-3H3. The Morgan fingerprint density at radius 3 is 2.59 bits per heavy atom. The van der Waals surface area contributed by atoms with Gasteiger partial charge in [0.05, 0.1) is 0 Å². The van der Waals surface area contributed by atoms with E-state index in [4.69, 9.17) is 0 Å². The van der Waals surface area contributed by atoms with Crippen LogP contribution < -0.4 is 4.90 Å². The van der Waals surface area contributed by atoms with Crippen LogP contribution in [0.1, 0.15) is 48.2 Å². The monoisotopic (exact) mass is 392 g/mol. The van der Waals surface area contributed by atoms with E-state index in [-0.39, 0.29) is 17.1 Å². The first-order valence-electron chi connectivity index (χ1n) is 10.4. The Kier molecular flexibility index (Phi) is 5.30. The van der Waals surface area contributed by atoms with Crippen molar-refractivity contribution in [2.75, 3.05) is 31.1 Å². The number of halogens is 1. The summed E-state index contributed by atoms with van der Waals surface area (Å²) >= 11 is 0. The minimum absolute atomic E-state index is 0.00812. The van der Waals surface area contributed by atoms with Gasteiger partial charge in [0, 0.05) is 29.8 Å². The van der Waals surface area contributed by atoms with Crippen molar-refractivity contribution in [3.63, 3.8) is 0 Å². The van der Waals surface area contributed by atoms with E-state index in [1.165, 1.54) is 28.8 Å². The SMILES string of the molecule is CC(C)=CCN1CCC2(CC1)CN(C(=O)c1cccc(F)c1)c1ccc(C)cc12. The van der Waals surface area contributed by atoms with Crippen LogP contribution in [0.2, 0.25) is 0 Å². The van der Waals surface area contributed by atoms with E-state index in [1.54, 1.807) is 12.1 Å². The van der Waals surface area contributed by atoms with Crippen molar-refractivity contribution in [3.05, 3.63) is 76.6 Å². The number of carbonyl (C=O) groups excluding carboxylic acids is 1. The van der Waals surface area contributed by atoms with Crippen LogP contribution in [0.3, 0.4) is 0 Å². The van der Waals surface area contributed by atoms with Gasteiger partial charge in [-0.15, -0.1) is 0 Å². The fourth-order valence-electron chi connectivity index (χ4n) is 4.64. The molecule has 1 fully saturated rings. The zero-order valence-corrected chi connectivity index (χ0v) is 17.5. The van der Waals surface area contributed by atoms with Gasteiger partial charge in [0.2, 0.25) is 0 Å². The van der Waals surface area contributed by atoms with Crippen molar-refractivity contribution >= 4 is 11.6 Å². The summed E-state index contributed by atoms with van der Waals surface area (Å²) in [6, 6.07) is 12.4. The lowest BCUT2D eigenvalue weighted by atomic mass is 9.74. The summed E-state index contributed by atoms with van der Waals surface area (Å²) in [6.45, 7) is 10.1. The van der Waals surface area contributed by atoms with E-state index in [2.05, 4.69) is 49.9 Å². The average Bonchev–Trinajstić information content (AvgIpc) is 3.00. The summed E-state index contributed by atoms with van der Waals surface area (Å²) < 4.78 is 13.7. The number of likely N-dealkylation sites (tertiary alicyclic amines) is 1. The maximum absolute atomic E-state index is 13.7. The topological polar surface area (TPSA) is 23.6 Å². The van der Waals surface area contributed by atoms with Crippen LogP contribution in [0.5, 0.6) is 0 Å². The molecule has 2 aliphatic heterocycles. The number of fused-ring (bicyclic) bond motifs is 2. The van der Waals surface area contributed by atoms with Gasteiger partial charge in [0.1, 0.15) is 5.82 Å². The Balaban J connectivity index is 1.62. The van der Waals surface area contributed by atoms with Gasteiger partial charge in [-0.1, -0.05) is 35.4 Å². The van der Waals surface area contributed by atoms with Crippen LogP contribution in [0.4, 0.5) is 10.1 Å². The molecule has 0 atom stereocenters. The second kappa shape index (κ2) is 7.75. The number of aryl methyl sites for hydroxylation is 1. The van der Waals surface area contributed by atoms with Crippen LogP contribution in [0.15, 0.2) is 54.1 Å². The van der Waals surface area contributed by atoms with Crippen LogP contribution in [0.25, 0.3) is 0 Å². The van der Waals surface area contributed by atoms with Crippen molar-refractivity contribution in [3.8, 4) is 0 Å². The van der Waals surface area contributed by atoms with Crippen molar-refractivity contribution in [2.24, 2.45) is 0 Å². The third-order valence-electron chi connectivity index (χ3n) is 6.36. The number of carbonyl (C=O) groups is 1. The highest BCUT2D eigenvalue weighted by Crippen LogP contribution is 2.47. The highest BCUT2D eigenvalue weighted by atomic mass is 19.1. The highest BCUT2D eigenvalue weighted by Gasteiger charge is 2.46. The zero-order chi connectivity index (χ0) is 20.6. The van der Waals surface area contributed by atoms with E-state index in [1.807, 2.05) is 4.90 Å². The molecule has 0 saturated carbocycles. The minimum atomic E-state index is -0.374. The molecule has 2 heterocycles. The van der Waals surface area contributed by atoms with E-state index < -0.39 is 0 Å². The minimum Gasteiger partial charge on any atom is -0.307 e. The molecule has 0 aromatic heterocycles. The highest BCUT2D eigenvalue weighted by molar-refractivity contribution is 6.07. The first-order valence-corrected chi connectivity index (χ1v) is 10.4. The Hall–Kier alpha value is -2.46. The van der Waals surface area contributed by atoms with Crippen LogP contribution in [0, 0.1) is 12.7 Å². The normalized spacial score (nSPS) is 18.0. The average molecular weight is 393 g/mol. The van der Waals surface area contributed by atoms with Gasteiger partial charge in [0.25, 0.3) is 5.91 Å². The van der Waals surface area contributed by atoms with E-state index in [0.29, 0.717) is 12.1 Å². The first-order chi connectivity index (χ1) is 13.9. The Bertz CT molecular complexity index is 953. The van der Waals surface area contributed by atoms with Gasteiger partial charge in [-0.05, 0) is 76.5 Å². The quantitative estimate of drug-likeness (QED) is 0.679. The molecule has 4 rings (SSSR count). The molecule has 0 radical (unpaired) electrons. The fraction of sp³-hybridized carbons (Fsp3) is 0.400. The number of piperidine rings is 1. The van der Waals surface area contributed by atoms with Gasteiger partial charge < -0.3 is 4.90 Å². The van der Waals surface area contributed by atoms with Gasteiger partial charge >= 0.3 is 0 Å². The predicted octanol–water partition coefficient (Wildman–Crippen LogP) is 5.09. The Labute approximate surface area is 172 Å². The molecule has 152 valence electrons. The molecular weight excluding hydrogens is 363 g/mol. The number of nitrogens with zero attached hydrogens (tertiary/aromatic N) is 2. The molecule has 0 bridgehead atoms. The summed E-state index contributed by atoms with van der Waals surface area (Å²) in [5.41, 5.74) is 5.24. The van der Waals surface area contributed by atoms with Gasteiger partial charge in [0.15, 0.2) is 0 Å². The Morgan fingerprint density at radius 1 is 1.14 bits per heavy atom. The molecule has 3 nitrogen and oxygen atoms in total. The third-order valence-corrected chi connectivity index (χ3v) is 6.36. The number of allylic oxidation sites excluding steroid dienone is 1. The molecule has 4 heteroatoms. The van der Waals surface area contributed by atoms with Crippen LogP contribution in [-0.2, 0) is 5.41 Å². The van der Waals surface area contributed by atoms with Crippen molar-refractivity contribution < 1.29 is 9.18 Å². The van der Waals surface area contributed by atoms with Crippen molar-refractivity contribution in [1.82, 2.24) is 4.90 Å². The van der Waals surface area contributed by atoms with Gasteiger partial charge in [-0.3, -0.25) is 9.69 Å². The fourth-order valence-corrected chi connectivity index (χ4v) is 4.64. The van der Waals surface area contributed by atoms with Crippen LogP contribution in [-0.4, -0.2) is 37.0 Å². The smallest absolute Gasteiger partial charge is 0.258 e. The molecule has 29 heavy (non-hydrogen) atoms. The molecule has 1 spiro atoms. The summed E-state index contributed by atoms with van der Waals surface area (Å²) in [6.07, 6.45) is 4.35. The molecule has 0 aliphatic carbocycles. The van der Waals surface area contributed by atoms with Crippen LogP contribution >= 0.6 is 0 Å². The molecule has 2 aromatic carbocycles. The number of benzene rings is 2. The van der Waals surface area contributed by atoms with E-state index in [9.17, 15) is 9.18 Å². The number of amides is 1. The van der Waals surface area contributed by atoms with Crippen molar-refractivity contribution in [1.29, 1.82) is 0 Å². The lowest BCUT2D eigenvalue weighted by Gasteiger charge is -2.39. The zero-order valence-electron chi connectivity index (χ0n) is 17.5. The summed E-state index contributed by atoms with van der Waals surface area (Å²) in [5.74, 6) is -0.486. The molecule has 0 unspecified atom stereocenters. The van der Waals surface area contributed by atoms with E-state index >= 15 is 0 Å². The van der Waals surface area contributed by atoms with Gasteiger partial charge in [-0.2, -0.15) is 0 Å². The number of rotatable bonds is 3. The summed E-state index contributed by atoms with van der Waals surface area (Å²) in [4.78, 5) is 17.6. The Morgan fingerprint density at radius 2 is 1.90 bits per heavy atom. The predicted molar refractivity (Wildman–Crippen MR) is 116 cm³/mol.